The van der Waals surface area contributed by atoms with Gasteiger partial charge >= 0.3 is 6.36 Å². The number of nitrogens with one attached hydrogen (secondary N) is 1. The maximum Gasteiger partial charge on any atom is 0.573 e. The lowest BCUT2D eigenvalue weighted by molar-refractivity contribution is -0.274. The van der Waals surface area contributed by atoms with Crippen LogP contribution in [0, 0.1) is 0 Å². The number of sulfonamides is 1. The molecule has 1 N–H and O–H groups in total. The van der Waals surface area contributed by atoms with Crippen molar-refractivity contribution in [3.05, 3.63) is 48.0 Å². The Kier molecular flexibility index (Phi) is 7.32. The summed E-state index contributed by atoms with van der Waals surface area (Å²) in [6.45, 7) is 3.81. The highest BCUT2D eigenvalue weighted by atomic mass is 32.2. The van der Waals surface area contributed by atoms with Gasteiger partial charge in [0.15, 0.2) is 0 Å². The van der Waals surface area contributed by atoms with E-state index in [-0.39, 0.29) is 35.0 Å². The number of methoxy groups -OCH3 is 1. The highest BCUT2D eigenvalue weighted by Crippen LogP contribution is 2.29. The van der Waals surface area contributed by atoms with E-state index >= 15 is 0 Å². The first-order valence-electron chi connectivity index (χ1n) is 8.87. The third-order valence-electron chi connectivity index (χ3n) is 4.07. The summed E-state index contributed by atoms with van der Waals surface area (Å²) in [7, 11) is -2.61. The normalized spacial score (nSPS) is 12.0. The van der Waals surface area contributed by atoms with Crippen LogP contribution < -0.4 is 14.8 Å². The van der Waals surface area contributed by atoms with E-state index in [9.17, 15) is 26.4 Å². The Morgan fingerprint density at radius 1 is 1.10 bits per heavy atom. The molecule has 11 heteroatoms. The fourth-order valence-electron chi connectivity index (χ4n) is 2.70. The summed E-state index contributed by atoms with van der Waals surface area (Å²) in [5.41, 5.74) is 0.0365. The average molecular weight is 446 g/mol. The third-order valence-corrected chi connectivity index (χ3v) is 6.15. The lowest BCUT2D eigenvalue weighted by Gasteiger charge is -2.20. The quantitative estimate of drug-likeness (QED) is 0.665. The lowest BCUT2D eigenvalue weighted by Crippen LogP contribution is -2.31. The number of rotatable bonds is 8. The standard InChI is InChI=1S/C19H21F3N2O5S/c1-4-24(5-2)30(26,27)17-11-13(9-10-16(17)28-3)18(25)23-14-7-6-8-15(12-14)29-19(20,21)22/h6-12H,4-5H2,1-3H3,(H,23,25). The van der Waals surface area contributed by atoms with Gasteiger partial charge in [-0.3, -0.25) is 4.79 Å². The zero-order valence-electron chi connectivity index (χ0n) is 16.5. The van der Waals surface area contributed by atoms with Crippen molar-refractivity contribution in [3.63, 3.8) is 0 Å². The summed E-state index contributed by atoms with van der Waals surface area (Å²) >= 11 is 0. The Labute approximate surface area is 172 Å². The second-order valence-corrected chi connectivity index (χ2v) is 7.89. The van der Waals surface area contributed by atoms with Gasteiger partial charge in [0.25, 0.3) is 5.91 Å². The van der Waals surface area contributed by atoms with Gasteiger partial charge in [-0.1, -0.05) is 19.9 Å². The van der Waals surface area contributed by atoms with Gasteiger partial charge in [0, 0.05) is 30.4 Å². The first-order valence-corrected chi connectivity index (χ1v) is 10.3. The van der Waals surface area contributed by atoms with Gasteiger partial charge in [-0.25, -0.2) is 8.42 Å². The van der Waals surface area contributed by atoms with E-state index in [0.29, 0.717) is 0 Å². The molecule has 0 radical (unpaired) electrons. The van der Waals surface area contributed by atoms with Crippen molar-refractivity contribution in [3.8, 4) is 11.5 Å². The highest BCUT2D eigenvalue weighted by molar-refractivity contribution is 7.89. The van der Waals surface area contributed by atoms with E-state index in [1.54, 1.807) is 13.8 Å². The van der Waals surface area contributed by atoms with Gasteiger partial charge in [-0.15, -0.1) is 13.2 Å². The first kappa shape index (κ1) is 23.5. The fraction of sp³-hybridized carbons (Fsp3) is 0.316. The minimum absolute atomic E-state index is 0.0105. The maximum atomic E-state index is 12.9. The molecule has 0 aromatic heterocycles. The molecular formula is C19H21F3N2O5S. The molecule has 0 atom stereocenters. The highest BCUT2D eigenvalue weighted by Gasteiger charge is 2.31. The van der Waals surface area contributed by atoms with Crippen molar-refractivity contribution < 1.29 is 35.9 Å². The van der Waals surface area contributed by atoms with E-state index in [4.69, 9.17) is 4.74 Å². The summed E-state index contributed by atoms with van der Waals surface area (Å²) in [4.78, 5) is 12.4. The van der Waals surface area contributed by atoms with E-state index in [1.165, 1.54) is 35.7 Å². The SMILES string of the molecule is CCN(CC)S(=O)(=O)c1cc(C(=O)Nc2cccc(OC(F)(F)F)c2)ccc1OC. The number of ether oxygens (including phenoxy) is 2. The Bertz CT molecular complexity index is 1010. The average Bonchev–Trinajstić information content (AvgIpc) is 2.67. The van der Waals surface area contributed by atoms with Gasteiger partial charge in [-0.2, -0.15) is 4.31 Å². The molecule has 2 aromatic rings. The Balaban J connectivity index is 2.35. The second kappa shape index (κ2) is 9.35. The molecule has 0 aliphatic carbocycles. The zero-order chi connectivity index (χ0) is 22.5. The number of hydrogen-bond donors (Lipinski definition) is 1. The molecule has 7 nitrogen and oxygen atoms in total. The van der Waals surface area contributed by atoms with Crippen LogP contribution in [0.25, 0.3) is 0 Å². The van der Waals surface area contributed by atoms with Crippen LogP contribution in [0.3, 0.4) is 0 Å². The summed E-state index contributed by atoms with van der Waals surface area (Å²) < 4.78 is 73.0. The van der Waals surface area contributed by atoms with E-state index in [1.807, 2.05) is 0 Å². The van der Waals surface area contributed by atoms with Crippen molar-refractivity contribution in [2.45, 2.75) is 25.1 Å². The van der Waals surface area contributed by atoms with Crippen molar-refractivity contribution >= 4 is 21.6 Å². The van der Waals surface area contributed by atoms with Crippen molar-refractivity contribution in [2.24, 2.45) is 0 Å². The van der Waals surface area contributed by atoms with Gasteiger partial charge in [0.05, 0.1) is 7.11 Å². The topological polar surface area (TPSA) is 84.9 Å². The molecule has 0 aliphatic heterocycles. The van der Waals surface area contributed by atoms with Crippen molar-refractivity contribution in [1.29, 1.82) is 0 Å². The summed E-state index contributed by atoms with van der Waals surface area (Å²) in [6, 6.07) is 8.60. The second-order valence-electron chi connectivity index (χ2n) is 5.98. The molecule has 2 rings (SSSR count). The number of halogens is 3. The number of nitrogens with zero attached hydrogens (tertiary/aromatic N) is 1. The number of carbonyl (C=O) groups is 1. The number of hydrogen-bond acceptors (Lipinski definition) is 5. The molecule has 30 heavy (non-hydrogen) atoms. The van der Waals surface area contributed by atoms with Crippen LogP contribution in [0.1, 0.15) is 24.2 Å². The molecule has 2 aromatic carbocycles. The van der Waals surface area contributed by atoms with Crippen LogP contribution in [0.15, 0.2) is 47.4 Å². The molecule has 164 valence electrons. The smallest absolute Gasteiger partial charge is 0.495 e. The molecule has 0 fully saturated rings. The molecule has 0 saturated heterocycles. The number of anilines is 1. The van der Waals surface area contributed by atoms with E-state index < -0.39 is 28.0 Å². The number of carbonyl (C=O) groups excluding carboxylic acids is 1. The predicted octanol–water partition coefficient (Wildman–Crippen LogP) is 3.88. The fourth-order valence-corrected chi connectivity index (χ4v) is 4.34. The summed E-state index contributed by atoms with van der Waals surface area (Å²) in [6.07, 6.45) is -4.87. The van der Waals surface area contributed by atoms with Gasteiger partial charge in [0.2, 0.25) is 10.0 Å². The van der Waals surface area contributed by atoms with E-state index in [2.05, 4.69) is 10.1 Å². The number of alkyl halides is 3. The molecule has 0 unspecified atom stereocenters. The molecule has 0 aliphatic rings. The molecule has 0 saturated carbocycles. The largest absolute Gasteiger partial charge is 0.573 e. The van der Waals surface area contributed by atoms with Gasteiger partial charge < -0.3 is 14.8 Å². The van der Waals surface area contributed by atoms with Crippen molar-refractivity contribution in [2.75, 3.05) is 25.5 Å². The van der Waals surface area contributed by atoms with Crippen LogP contribution >= 0.6 is 0 Å². The molecule has 0 spiro atoms. The van der Waals surface area contributed by atoms with Gasteiger partial charge in [-0.05, 0) is 30.3 Å². The Morgan fingerprint density at radius 2 is 1.77 bits per heavy atom. The van der Waals surface area contributed by atoms with E-state index in [0.717, 1.165) is 18.2 Å². The third kappa shape index (κ3) is 5.63. The summed E-state index contributed by atoms with van der Waals surface area (Å²) in [5, 5.41) is 2.42. The molecule has 0 bridgehead atoms. The zero-order valence-corrected chi connectivity index (χ0v) is 17.3. The maximum absolute atomic E-state index is 12.9. The summed E-state index contributed by atoms with van der Waals surface area (Å²) in [5.74, 6) is -1.14. The molecule has 1 amide bonds. The Morgan fingerprint density at radius 3 is 2.33 bits per heavy atom. The molecule has 0 heterocycles. The molecular weight excluding hydrogens is 425 g/mol. The monoisotopic (exact) mass is 446 g/mol. The van der Waals surface area contributed by atoms with Crippen LogP contribution in [-0.4, -0.2) is 45.2 Å². The van der Waals surface area contributed by atoms with Crippen LogP contribution in [-0.2, 0) is 10.0 Å². The van der Waals surface area contributed by atoms with Gasteiger partial charge in [0.1, 0.15) is 16.4 Å². The van der Waals surface area contributed by atoms with Crippen molar-refractivity contribution in [1.82, 2.24) is 4.31 Å². The van der Waals surface area contributed by atoms with Crippen LogP contribution in [0.2, 0.25) is 0 Å². The first-order chi connectivity index (χ1) is 14.0. The number of amides is 1. The lowest BCUT2D eigenvalue weighted by atomic mass is 10.2. The Hall–Kier alpha value is -2.79. The van der Waals surface area contributed by atoms with Crippen LogP contribution in [0.5, 0.6) is 11.5 Å². The number of benzene rings is 2. The minimum Gasteiger partial charge on any atom is -0.495 e. The van der Waals surface area contributed by atoms with Crippen LogP contribution in [0.4, 0.5) is 18.9 Å². The predicted molar refractivity (Wildman–Crippen MR) is 104 cm³/mol. The minimum atomic E-state index is -4.87.